The van der Waals surface area contributed by atoms with Gasteiger partial charge in [0.2, 0.25) is 0 Å². The predicted octanol–water partition coefficient (Wildman–Crippen LogP) is 15.2. The number of aromatic amines is 2. The van der Waals surface area contributed by atoms with E-state index in [0.29, 0.717) is 6.54 Å². The first-order valence-electron chi connectivity index (χ1n) is 22.4. The maximum absolute atomic E-state index is 12.6. The summed E-state index contributed by atoms with van der Waals surface area (Å²) in [5.74, 6) is 0.269. The van der Waals surface area contributed by atoms with Crippen molar-refractivity contribution in [1.29, 1.82) is 0 Å². The fraction of sp³-hybridized carbons (Fsp3) is 0.155. The lowest BCUT2D eigenvalue weighted by Gasteiger charge is -2.13. The minimum Gasteiger partial charge on any atom is -0.354 e. The molecule has 320 valence electrons. The number of hydrogen-bond donors (Lipinski definition) is 3. The third-order valence-electron chi connectivity index (χ3n) is 12.6. The molecule has 65 heavy (non-hydrogen) atoms. The van der Waals surface area contributed by atoms with E-state index in [4.69, 9.17) is 9.97 Å². The summed E-state index contributed by atoms with van der Waals surface area (Å²) < 4.78 is 0. The number of aromatic nitrogens is 4. The van der Waals surface area contributed by atoms with Gasteiger partial charge in [0.15, 0.2) is 0 Å². The van der Waals surface area contributed by atoms with Crippen LogP contribution in [0.1, 0.15) is 74.6 Å². The van der Waals surface area contributed by atoms with E-state index in [1.807, 2.05) is 19.1 Å². The van der Waals surface area contributed by atoms with Gasteiger partial charge in [0.05, 0.1) is 22.8 Å². The Bertz CT molecular complexity index is 3260. The minimum absolute atomic E-state index is 0.0718. The van der Waals surface area contributed by atoms with E-state index < -0.39 is 0 Å². The number of nitrogens with zero attached hydrogens (tertiary/aromatic N) is 2. The van der Waals surface area contributed by atoms with Crippen molar-refractivity contribution in [3.63, 3.8) is 0 Å². The lowest BCUT2D eigenvalue weighted by atomic mass is 9.92. The monoisotopic (exact) mass is 865 g/mol. The largest absolute Gasteiger partial charge is 0.354 e. The highest BCUT2D eigenvalue weighted by Crippen LogP contribution is 2.42. The Balaban J connectivity index is 1.33. The van der Waals surface area contributed by atoms with Crippen molar-refractivity contribution in [2.24, 2.45) is 0 Å². The molecule has 5 heterocycles. The number of H-pyrrole nitrogens is 2. The van der Waals surface area contributed by atoms with Crippen molar-refractivity contribution in [2.75, 3.05) is 6.54 Å². The van der Waals surface area contributed by atoms with Gasteiger partial charge in [0.1, 0.15) is 0 Å². The number of benzene rings is 4. The summed E-state index contributed by atoms with van der Waals surface area (Å²) in [5, 5.41) is 2.82. The standard InChI is InChI=1S/C58H51N5OS/c1-8-59-58(64)65-43-19-17-42(18-20-43)55-46-23-27-50(62-46)56(52-35(4)29-33(2)30-36(52)5)48-25-21-44(60-48)54(41-15-13-40(14-16-41)39-11-9-10-12-39)45-22-26-49(61-45)57(51-28-24-47(55)63-51)53-37(6)31-34(3)32-38(53)7/h9-32,39,60,63H,8H2,1-7H3,(H,59,64). The summed E-state index contributed by atoms with van der Waals surface area (Å²) >= 11 is 1.20. The molecule has 0 spiro atoms. The maximum atomic E-state index is 12.6. The van der Waals surface area contributed by atoms with E-state index in [0.717, 1.165) is 94.2 Å². The van der Waals surface area contributed by atoms with Gasteiger partial charge < -0.3 is 15.3 Å². The second-order valence-corrected chi connectivity index (χ2v) is 18.5. The number of amides is 1. The Morgan fingerprint density at radius 3 is 1.32 bits per heavy atom. The number of allylic oxidation sites excluding steroid dienone is 4. The second-order valence-electron chi connectivity index (χ2n) is 17.4. The minimum atomic E-state index is -0.0718. The molecule has 0 radical (unpaired) electrons. The Hall–Kier alpha value is -7.22. The molecule has 8 bridgehead atoms. The first kappa shape index (κ1) is 41.8. The van der Waals surface area contributed by atoms with Crippen molar-refractivity contribution in [2.45, 2.75) is 59.3 Å². The van der Waals surface area contributed by atoms with Crippen molar-refractivity contribution >= 4 is 63.4 Å². The van der Waals surface area contributed by atoms with Crippen LogP contribution in [0.25, 0.3) is 90.9 Å². The molecule has 7 aromatic rings. The van der Waals surface area contributed by atoms with Crippen LogP contribution in [0.5, 0.6) is 0 Å². The Labute approximate surface area is 385 Å². The quantitative estimate of drug-likeness (QED) is 0.139. The van der Waals surface area contributed by atoms with Crippen LogP contribution in [0.4, 0.5) is 4.79 Å². The Morgan fingerprint density at radius 1 is 0.523 bits per heavy atom. The van der Waals surface area contributed by atoms with E-state index in [2.05, 4.69) is 190 Å². The molecule has 2 aliphatic heterocycles. The van der Waals surface area contributed by atoms with Crippen molar-refractivity contribution in [3.8, 4) is 44.5 Å². The van der Waals surface area contributed by atoms with E-state index >= 15 is 0 Å². The molecule has 1 aliphatic carbocycles. The molecule has 0 saturated heterocycles. The third kappa shape index (κ3) is 7.91. The van der Waals surface area contributed by atoms with Gasteiger partial charge in [-0.3, -0.25) is 4.79 Å². The molecule has 0 atom stereocenters. The van der Waals surface area contributed by atoms with Gasteiger partial charge in [-0.2, -0.15) is 0 Å². The molecule has 7 heteroatoms. The Kier molecular flexibility index (Phi) is 11.0. The van der Waals surface area contributed by atoms with Crippen LogP contribution in [-0.2, 0) is 0 Å². The number of carbonyl (C=O) groups is 1. The predicted molar refractivity (Wildman–Crippen MR) is 275 cm³/mol. The van der Waals surface area contributed by atoms with Gasteiger partial charge in [-0.1, -0.05) is 96.1 Å². The number of aryl methyl sites for hydroxylation is 6. The number of rotatable bonds is 7. The fourth-order valence-corrected chi connectivity index (χ4v) is 10.7. The van der Waals surface area contributed by atoms with Crippen LogP contribution in [0.3, 0.4) is 0 Å². The zero-order chi connectivity index (χ0) is 44.9. The number of nitrogens with one attached hydrogen (secondary N) is 3. The van der Waals surface area contributed by atoms with Gasteiger partial charge in [-0.15, -0.1) is 0 Å². The van der Waals surface area contributed by atoms with Crippen LogP contribution in [-0.4, -0.2) is 31.7 Å². The summed E-state index contributed by atoms with van der Waals surface area (Å²) in [4.78, 5) is 32.4. The summed E-state index contributed by atoms with van der Waals surface area (Å²) in [7, 11) is 0. The number of fused-ring (bicyclic) bond motifs is 8. The normalized spacial score (nSPS) is 13.0. The highest BCUT2D eigenvalue weighted by Gasteiger charge is 2.22. The van der Waals surface area contributed by atoms with Crippen LogP contribution in [0.2, 0.25) is 0 Å². The van der Waals surface area contributed by atoms with E-state index in [-0.39, 0.29) is 11.2 Å². The second kappa shape index (κ2) is 17.1. The molecule has 3 aromatic heterocycles. The molecule has 0 fully saturated rings. The van der Waals surface area contributed by atoms with Crippen molar-refractivity contribution in [1.82, 2.24) is 25.3 Å². The molecule has 10 rings (SSSR count). The highest BCUT2D eigenvalue weighted by atomic mass is 32.2. The van der Waals surface area contributed by atoms with Crippen molar-refractivity contribution < 1.29 is 4.79 Å². The molecule has 3 N–H and O–H groups in total. The zero-order valence-electron chi connectivity index (χ0n) is 37.9. The molecule has 6 nitrogen and oxygen atoms in total. The topological polar surface area (TPSA) is 86.5 Å². The smallest absolute Gasteiger partial charge is 0.283 e. The average molecular weight is 866 g/mol. The molecule has 0 unspecified atom stereocenters. The molecule has 1 amide bonds. The van der Waals surface area contributed by atoms with Gasteiger partial charge in [0, 0.05) is 61.7 Å². The summed E-state index contributed by atoms with van der Waals surface area (Å²) in [6.07, 6.45) is 17.3. The van der Waals surface area contributed by atoms with Crippen molar-refractivity contribution in [3.05, 3.63) is 183 Å². The third-order valence-corrected chi connectivity index (χ3v) is 13.5. The number of carbonyl (C=O) groups excluding carboxylic acids is 1. The Morgan fingerprint density at radius 2 is 0.908 bits per heavy atom. The van der Waals surface area contributed by atoms with Gasteiger partial charge in [0.25, 0.3) is 5.24 Å². The summed E-state index contributed by atoms with van der Waals surface area (Å²) in [6.45, 7) is 15.6. The maximum Gasteiger partial charge on any atom is 0.283 e. The fourth-order valence-electron chi connectivity index (χ4n) is 9.99. The van der Waals surface area contributed by atoms with Crippen LogP contribution in [0.15, 0.2) is 126 Å². The molecule has 4 aromatic carbocycles. The van der Waals surface area contributed by atoms with Crippen LogP contribution < -0.4 is 5.32 Å². The summed E-state index contributed by atoms with van der Waals surface area (Å²) in [5.41, 5.74) is 24.2. The lowest BCUT2D eigenvalue weighted by Crippen LogP contribution is -2.16. The zero-order valence-corrected chi connectivity index (χ0v) is 38.7. The van der Waals surface area contributed by atoms with E-state index in [1.165, 1.54) is 50.7 Å². The molecular formula is C58H51N5OS. The molecule has 0 saturated carbocycles. The lowest BCUT2D eigenvalue weighted by molar-refractivity contribution is 0.261. The highest BCUT2D eigenvalue weighted by molar-refractivity contribution is 8.13. The van der Waals surface area contributed by atoms with Crippen LogP contribution >= 0.6 is 11.8 Å². The SMILES string of the molecule is CCNC(=O)Sc1ccc(-c2c3nc(c(-c4c(C)cc(C)cc4C)c4ccc([nH]4)c(-c4ccc(C5C=CC=C5)cc4)c4nc(c(-c5c(C)cc(C)cc5C)c5ccc2[nH]5)C=C4)C=C3)cc1. The molecule has 3 aliphatic rings. The van der Waals surface area contributed by atoms with Gasteiger partial charge >= 0.3 is 0 Å². The van der Waals surface area contributed by atoms with E-state index in [1.54, 1.807) is 0 Å². The number of hydrogen-bond acceptors (Lipinski definition) is 4. The summed E-state index contributed by atoms with van der Waals surface area (Å²) in [6, 6.07) is 35.0. The number of thioether (sulfide) groups is 1. The van der Waals surface area contributed by atoms with Gasteiger partial charge in [-0.25, -0.2) is 9.97 Å². The first-order chi connectivity index (χ1) is 31.5. The van der Waals surface area contributed by atoms with E-state index in [9.17, 15) is 4.79 Å². The first-order valence-corrected chi connectivity index (χ1v) is 23.2. The van der Waals surface area contributed by atoms with Gasteiger partial charge in [-0.05, 0) is 171 Å². The average Bonchev–Trinajstić information content (AvgIpc) is 4.14. The molecular weight excluding hydrogens is 815 g/mol. The van der Waals surface area contributed by atoms with Crippen LogP contribution in [0, 0.1) is 41.5 Å².